The summed E-state index contributed by atoms with van der Waals surface area (Å²) in [6.45, 7) is 5.27. The zero-order valence-electron chi connectivity index (χ0n) is 15.0. The molecule has 0 heterocycles. The van der Waals surface area contributed by atoms with Gasteiger partial charge in [0.05, 0.1) is 12.7 Å². The predicted octanol–water partition coefficient (Wildman–Crippen LogP) is 2.61. The van der Waals surface area contributed by atoms with Crippen LogP contribution >= 0.6 is 0 Å². The molecule has 0 aliphatic heterocycles. The molecule has 7 heteroatoms. The van der Waals surface area contributed by atoms with Crippen molar-refractivity contribution in [3.8, 4) is 0 Å². The molecule has 3 N–H and O–H groups in total. The number of ether oxygens (including phenoxy) is 1. The molecule has 0 saturated heterocycles. The van der Waals surface area contributed by atoms with E-state index in [-0.39, 0.29) is 18.8 Å². The minimum absolute atomic E-state index is 0.177. The number of rotatable bonds is 11. The number of carbonyl (C=O) groups is 2. The highest BCUT2D eigenvalue weighted by Crippen LogP contribution is 2.16. The van der Waals surface area contributed by atoms with Crippen LogP contribution in [0.25, 0.3) is 0 Å². The maximum Gasteiger partial charge on any atom is 0.440 e. The van der Waals surface area contributed by atoms with E-state index >= 15 is 0 Å². The maximum atomic E-state index is 11.8. The first kappa shape index (κ1) is 22.4. The van der Waals surface area contributed by atoms with Crippen molar-refractivity contribution in [2.75, 3.05) is 13.2 Å². The average molecular weight is 345 g/mol. The van der Waals surface area contributed by atoms with E-state index in [0.29, 0.717) is 12.0 Å². The number of carbonyl (C=O) groups excluding carboxylic acids is 2. The number of nitrogens with one attached hydrogen (secondary N) is 1. The molecule has 0 aromatic rings. The first-order valence-corrected chi connectivity index (χ1v) is 8.54. The number of hydrogen-bond donors (Lipinski definition) is 3. The van der Waals surface area contributed by atoms with Crippen molar-refractivity contribution in [3.05, 3.63) is 11.1 Å². The molecule has 0 radical (unpaired) electrons. The Morgan fingerprint density at radius 2 is 1.62 bits per heavy atom. The minimum Gasteiger partial charge on any atom is -0.448 e. The predicted molar refractivity (Wildman–Crippen MR) is 90.0 cm³/mol. The van der Waals surface area contributed by atoms with Crippen LogP contribution in [-0.4, -0.2) is 41.6 Å². The summed E-state index contributed by atoms with van der Waals surface area (Å²) >= 11 is 0. The van der Waals surface area contributed by atoms with Gasteiger partial charge >= 0.3 is 12.1 Å². The zero-order chi connectivity index (χ0) is 18.4. The third-order valence-corrected chi connectivity index (χ3v) is 3.79. The van der Waals surface area contributed by atoms with Crippen molar-refractivity contribution in [2.24, 2.45) is 0 Å². The summed E-state index contributed by atoms with van der Waals surface area (Å²) in [4.78, 5) is 27.5. The lowest BCUT2D eigenvalue weighted by Crippen LogP contribution is -2.28. The Bertz CT molecular complexity index is 408. The second-order valence-electron chi connectivity index (χ2n) is 5.67. The van der Waals surface area contributed by atoms with Crippen molar-refractivity contribution in [2.45, 2.75) is 71.8 Å². The summed E-state index contributed by atoms with van der Waals surface area (Å²) in [5.74, 6) is -0.719. The van der Waals surface area contributed by atoms with E-state index in [1.165, 1.54) is 0 Å². The Labute approximate surface area is 144 Å². The molecule has 24 heavy (non-hydrogen) atoms. The molecule has 0 rings (SSSR count). The van der Waals surface area contributed by atoms with Gasteiger partial charge in [0.25, 0.3) is 0 Å². The van der Waals surface area contributed by atoms with Gasteiger partial charge in [-0.3, -0.25) is 0 Å². The van der Waals surface area contributed by atoms with Crippen LogP contribution in [0.3, 0.4) is 0 Å². The van der Waals surface area contributed by atoms with E-state index in [9.17, 15) is 14.7 Å². The number of aliphatic hydroxyl groups excluding tert-OH is 2. The molecule has 0 spiro atoms. The summed E-state index contributed by atoms with van der Waals surface area (Å²) in [6, 6.07) is 0. The largest absolute Gasteiger partial charge is 0.448 e. The Morgan fingerprint density at radius 3 is 2.21 bits per heavy atom. The van der Waals surface area contributed by atoms with Gasteiger partial charge in [-0.05, 0) is 39.2 Å². The van der Waals surface area contributed by atoms with Gasteiger partial charge in [0, 0.05) is 12.2 Å². The van der Waals surface area contributed by atoms with E-state index in [1.54, 1.807) is 20.8 Å². The van der Waals surface area contributed by atoms with Gasteiger partial charge in [0.15, 0.2) is 0 Å². The molecule has 7 nitrogen and oxygen atoms in total. The first-order chi connectivity index (χ1) is 11.4. The van der Waals surface area contributed by atoms with E-state index in [1.807, 2.05) is 5.48 Å². The molecule has 0 saturated carbocycles. The third-order valence-electron chi connectivity index (χ3n) is 3.79. The Hall–Kier alpha value is -1.60. The van der Waals surface area contributed by atoms with Crippen LogP contribution in [0.15, 0.2) is 11.1 Å². The molecule has 1 atom stereocenters. The molecule has 1 unspecified atom stereocenters. The number of aliphatic hydroxyl groups is 2. The average Bonchev–Trinajstić information content (AvgIpc) is 2.57. The lowest BCUT2D eigenvalue weighted by atomic mass is 9.99. The zero-order valence-corrected chi connectivity index (χ0v) is 15.0. The highest BCUT2D eigenvalue weighted by molar-refractivity contribution is 5.89. The van der Waals surface area contributed by atoms with Gasteiger partial charge in [-0.1, -0.05) is 32.1 Å². The van der Waals surface area contributed by atoms with Crippen LogP contribution in [0.2, 0.25) is 0 Å². The van der Waals surface area contributed by atoms with Gasteiger partial charge in [-0.15, -0.1) is 5.48 Å². The van der Waals surface area contributed by atoms with Crippen LogP contribution in [0.4, 0.5) is 4.79 Å². The normalized spacial score (nSPS) is 13.0. The number of hydrogen-bond acceptors (Lipinski definition) is 6. The molecular weight excluding hydrogens is 314 g/mol. The number of unbranched alkanes of at least 4 members (excludes halogenated alkanes) is 5. The van der Waals surface area contributed by atoms with Crippen LogP contribution in [0.5, 0.6) is 0 Å². The topological polar surface area (TPSA) is 105 Å². The Balaban J connectivity index is 4.12. The fourth-order valence-corrected chi connectivity index (χ4v) is 2.11. The molecule has 0 aromatic carbocycles. The van der Waals surface area contributed by atoms with E-state index < -0.39 is 18.2 Å². The van der Waals surface area contributed by atoms with Crippen LogP contribution in [-0.2, 0) is 14.4 Å². The second-order valence-corrected chi connectivity index (χ2v) is 5.67. The van der Waals surface area contributed by atoms with Gasteiger partial charge in [0.2, 0.25) is 0 Å². The van der Waals surface area contributed by atoms with Crippen molar-refractivity contribution >= 4 is 12.1 Å². The number of amides is 1. The standard InChI is InChI=1S/C17H31NO6/c1-4-23-17(22)18-24-16(21)14(3)13(2)15(20)11-9-7-5-6-8-10-12-19/h15,19-20H,4-12H2,1-3H3,(H,18,22). The van der Waals surface area contributed by atoms with Gasteiger partial charge < -0.3 is 19.8 Å². The molecule has 0 aliphatic rings. The summed E-state index contributed by atoms with van der Waals surface area (Å²) in [5.41, 5.74) is 2.69. The molecule has 0 aromatic heterocycles. The Morgan fingerprint density at radius 1 is 1.04 bits per heavy atom. The lowest BCUT2D eigenvalue weighted by Gasteiger charge is -2.14. The minimum atomic E-state index is -0.835. The summed E-state index contributed by atoms with van der Waals surface area (Å²) in [5, 5.41) is 18.8. The molecule has 0 fully saturated rings. The molecular formula is C17H31NO6. The van der Waals surface area contributed by atoms with Crippen molar-refractivity contribution < 1.29 is 29.4 Å². The second kappa shape index (κ2) is 13.8. The molecule has 1 amide bonds. The van der Waals surface area contributed by atoms with Crippen molar-refractivity contribution in [3.63, 3.8) is 0 Å². The maximum absolute atomic E-state index is 11.8. The highest BCUT2D eigenvalue weighted by atomic mass is 16.7. The van der Waals surface area contributed by atoms with Crippen molar-refractivity contribution in [1.29, 1.82) is 0 Å². The fourth-order valence-electron chi connectivity index (χ4n) is 2.11. The van der Waals surface area contributed by atoms with E-state index in [2.05, 4.69) is 9.57 Å². The first-order valence-electron chi connectivity index (χ1n) is 8.54. The monoisotopic (exact) mass is 345 g/mol. The summed E-state index contributed by atoms with van der Waals surface area (Å²) in [7, 11) is 0. The van der Waals surface area contributed by atoms with Gasteiger partial charge in [-0.25, -0.2) is 9.59 Å². The lowest BCUT2D eigenvalue weighted by molar-refractivity contribution is -0.145. The van der Waals surface area contributed by atoms with Crippen LogP contribution in [0, 0.1) is 0 Å². The molecule has 0 aliphatic carbocycles. The quantitative estimate of drug-likeness (QED) is 0.302. The SMILES string of the molecule is CCOC(=O)NOC(=O)C(C)=C(C)C(O)CCCCCCCCO. The summed E-state index contributed by atoms with van der Waals surface area (Å²) in [6.07, 6.45) is 4.90. The fraction of sp³-hybridized carbons (Fsp3) is 0.765. The highest BCUT2D eigenvalue weighted by Gasteiger charge is 2.16. The smallest absolute Gasteiger partial charge is 0.440 e. The molecule has 0 bridgehead atoms. The van der Waals surface area contributed by atoms with Gasteiger partial charge in [0.1, 0.15) is 0 Å². The number of hydroxylamine groups is 1. The van der Waals surface area contributed by atoms with Gasteiger partial charge in [-0.2, -0.15) is 0 Å². The van der Waals surface area contributed by atoms with Crippen molar-refractivity contribution in [1.82, 2.24) is 5.48 Å². The Kier molecular flexibility index (Phi) is 12.9. The third kappa shape index (κ3) is 10.2. The van der Waals surface area contributed by atoms with Crippen LogP contribution in [0.1, 0.15) is 65.7 Å². The van der Waals surface area contributed by atoms with E-state index in [0.717, 1.165) is 38.5 Å². The molecule has 140 valence electrons. The van der Waals surface area contributed by atoms with Crippen LogP contribution < -0.4 is 5.48 Å². The summed E-state index contributed by atoms with van der Waals surface area (Å²) < 4.78 is 4.57. The van der Waals surface area contributed by atoms with E-state index in [4.69, 9.17) is 5.11 Å².